The third-order valence-corrected chi connectivity index (χ3v) is 5.68. The maximum absolute atomic E-state index is 12.9. The van der Waals surface area contributed by atoms with E-state index in [9.17, 15) is 4.79 Å². The van der Waals surface area contributed by atoms with Gasteiger partial charge in [0, 0.05) is 0 Å². The van der Waals surface area contributed by atoms with E-state index in [1.54, 1.807) is 25.3 Å². The van der Waals surface area contributed by atoms with Gasteiger partial charge in [-0.15, -0.1) is 0 Å². The first-order chi connectivity index (χ1) is 15.5. The third kappa shape index (κ3) is 4.64. The van der Waals surface area contributed by atoms with Gasteiger partial charge < -0.3 is 9.47 Å². The monoisotopic (exact) mass is 466 g/mol. The number of para-hydroxylation sites is 1. The highest BCUT2D eigenvalue weighted by molar-refractivity contribution is 6.42. The van der Waals surface area contributed by atoms with Crippen molar-refractivity contribution in [3.63, 3.8) is 0 Å². The number of halogens is 2. The van der Waals surface area contributed by atoms with E-state index in [2.05, 4.69) is 5.10 Å². The van der Waals surface area contributed by atoms with Crippen LogP contribution in [-0.4, -0.2) is 18.7 Å². The van der Waals surface area contributed by atoms with Crippen LogP contribution in [0.4, 0.5) is 5.69 Å². The number of carbonyl (C=O) groups is 1. The molecule has 0 atom stereocenters. The molecular formula is C25H20Cl2N2O3. The van der Waals surface area contributed by atoms with Crippen molar-refractivity contribution < 1.29 is 14.3 Å². The smallest absolute Gasteiger partial charge is 0.280 e. The molecule has 0 aromatic heterocycles. The van der Waals surface area contributed by atoms with Crippen LogP contribution in [0.1, 0.15) is 18.1 Å². The summed E-state index contributed by atoms with van der Waals surface area (Å²) in [5, 5.41) is 6.79. The summed E-state index contributed by atoms with van der Waals surface area (Å²) in [6, 6.07) is 20.2. The van der Waals surface area contributed by atoms with Gasteiger partial charge in [-0.05, 0) is 60.5 Å². The zero-order valence-electron chi connectivity index (χ0n) is 17.5. The van der Waals surface area contributed by atoms with Crippen molar-refractivity contribution >= 4 is 46.6 Å². The summed E-state index contributed by atoms with van der Waals surface area (Å²) in [6.07, 6.45) is 1.80. The van der Waals surface area contributed by atoms with E-state index in [0.717, 1.165) is 16.8 Å². The van der Waals surface area contributed by atoms with Gasteiger partial charge in [0.25, 0.3) is 5.91 Å². The Hall–Kier alpha value is -3.28. The number of ether oxygens (including phenoxy) is 2. The van der Waals surface area contributed by atoms with E-state index in [-0.39, 0.29) is 5.91 Å². The molecule has 4 rings (SSSR count). The molecular weight excluding hydrogens is 447 g/mol. The van der Waals surface area contributed by atoms with Crippen molar-refractivity contribution in [3.8, 4) is 11.5 Å². The van der Waals surface area contributed by atoms with Crippen molar-refractivity contribution in [2.24, 2.45) is 5.10 Å². The molecule has 5 nitrogen and oxygen atoms in total. The molecule has 0 saturated carbocycles. The summed E-state index contributed by atoms with van der Waals surface area (Å²) >= 11 is 12.0. The molecule has 0 radical (unpaired) electrons. The highest BCUT2D eigenvalue weighted by Gasteiger charge is 2.28. The highest BCUT2D eigenvalue weighted by Crippen LogP contribution is 2.32. The van der Waals surface area contributed by atoms with Crippen molar-refractivity contribution in [1.82, 2.24) is 0 Å². The lowest BCUT2D eigenvalue weighted by atomic mass is 10.1. The molecule has 0 N–H and O–H groups in total. The Labute approximate surface area is 196 Å². The van der Waals surface area contributed by atoms with Crippen LogP contribution in [-0.2, 0) is 11.4 Å². The normalized spacial score (nSPS) is 14.6. The van der Waals surface area contributed by atoms with Crippen LogP contribution >= 0.6 is 23.2 Å². The standard InChI is InChI=1S/C25H20Cl2N2O3/c1-16-20(25(30)29(28-16)19-6-4-3-5-7-19)12-17-9-11-23(24(14-17)31-2)32-15-18-8-10-21(26)22(27)13-18/h3-14H,15H2,1-2H3/b20-12+. The van der Waals surface area contributed by atoms with E-state index in [0.29, 0.717) is 39.4 Å². The highest BCUT2D eigenvalue weighted by atomic mass is 35.5. The van der Waals surface area contributed by atoms with Gasteiger partial charge in [0.1, 0.15) is 6.61 Å². The quantitative estimate of drug-likeness (QED) is 0.395. The minimum atomic E-state index is -0.174. The Balaban J connectivity index is 1.53. The number of rotatable bonds is 6. The number of benzene rings is 3. The molecule has 1 aliphatic rings. The number of nitrogens with zero attached hydrogens (tertiary/aromatic N) is 2. The minimum Gasteiger partial charge on any atom is -0.493 e. The van der Waals surface area contributed by atoms with Gasteiger partial charge in [-0.2, -0.15) is 10.1 Å². The molecule has 0 bridgehead atoms. The predicted octanol–water partition coefficient (Wildman–Crippen LogP) is 6.39. The topological polar surface area (TPSA) is 51.1 Å². The van der Waals surface area contributed by atoms with Gasteiger partial charge >= 0.3 is 0 Å². The average Bonchev–Trinajstić information content (AvgIpc) is 3.09. The Bertz CT molecular complexity index is 1220. The number of methoxy groups -OCH3 is 1. The predicted molar refractivity (Wildman–Crippen MR) is 129 cm³/mol. The van der Waals surface area contributed by atoms with Gasteiger partial charge in [-0.3, -0.25) is 4.79 Å². The number of anilines is 1. The van der Waals surface area contributed by atoms with Crippen molar-refractivity contribution in [2.75, 3.05) is 12.1 Å². The molecule has 3 aromatic carbocycles. The first-order valence-corrected chi connectivity index (χ1v) is 10.6. The van der Waals surface area contributed by atoms with E-state index in [1.165, 1.54) is 5.01 Å². The summed E-state index contributed by atoms with van der Waals surface area (Å²) < 4.78 is 11.4. The maximum Gasteiger partial charge on any atom is 0.280 e. The van der Waals surface area contributed by atoms with Crippen LogP contribution in [0.5, 0.6) is 11.5 Å². The fraction of sp³-hybridized carbons (Fsp3) is 0.120. The fourth-order valence-electron chi connectivity index (χ4n) is 3.28. The number of hydrazone groups is 1. The van der Waals surface area contributed by atoms with E-state index < -0.39 is 0 Å². The van der Waals surface area contributed by atoms with Crippen LogP contribution in [0.25, 0.3) is 6.08 Å². The van der Waals surface area contributed by atoms with E-state index >= 15 is 0 Å². The van der Waals surface area contributed by atoms with Crippen LogP contribution in [0.3, 0.4) is 0 Å². The molecule has 0 aliphatic carbocycles. The van der Waals surface area contributed by atoms with E-state index in [1.807, 2.05) is 61.5 Å². The van der Waals surface area contributed by atoms with Crippen LogP contribution in [0.15, 0.2) is 77.4 Å². The Kier molecular flexibility index (Phi) is 6.49. The number of carbonyl (C=O) groups excluding carboxylic acids is 1. The molecule has 3 aromatic rings. The van der Waals surface area contributed by atoms with E-state index in [4.69, 9.17) is 32.7 Å². The molecule has 0 spiro atoms. The Morgan fingerprint density at radius 3 is 2.47 bits per heavy atom. The zero-order chi connectivity index (χ0) is 22.7. The Morgan fingerprint density at radius 1 is 0.969 bits per heavy atom. The largest absolute Gasteiger partial charge is 0.493 e. The van der Waals surface area contributed by atoms with Crippen LogP contribution < -0.4 is 14.5 Å². The first kappa shape index (κ1) is 21.9. The number of amides is 1. The Morgan fingerprint density at radius 2 is 1.75 bits per heavy atom. The number of hydrogen-bond donors (Lipinski definition) is 0. The van der Waals surface area contributed by atoms with Gasteiger partial charge in [-0.25, -0.2) is 0 Å². The van der Waals surface area contributed by atoms with Gasteiger partial charge in [0.05, 0.1) is 34.1 Å². The van der Waals surface area contributed by atoms with Crippen molar-refractivity contribution in [2.45, 2.75) is 13.5 Å². The molecule has 1 aliphatic heterocycles. The van der Waals surface area contributed by atoms with Crippen LogP contribution in [0, 0.1) is 0 Å². The van der Waals surface area contributed by atoms with Crippen molar-refractivity contribution in [3.05, 3.63) is 93.5 Å². The molecule has 1 amide bonds. The second-order valence-electron chi connectivity index (χ2n) is 7.14. The maximum atomic E-state index is 12.9. The SMILES string of the molecule is COc1cc(/C=C2/C(=O)N(c3ccccc3)N=C2C)ccc1OCc1ccc(Cl)c(Cl)c1. The molecule has 0 unspecified atom stereocenters. The summed E-state index contributed by atoms with van der Waals surface area (Å²) in [7, 11) is 1.57. The summed E-state index contributed by atoms with van der Waals surface area (Å²) in [5.41, 5.74) is 3.59. The molecule has 1 heterocycles. The summed E-state index contributed by atoms with van der Waals surface area (Å²) in [4.78, 5) is 12.9. The average molecular weight is 467 g/mol. The van der Waals surface area contributed by atoms with Crippen LogP contribution in [0.2, 0.25) is 10.0 Å². The lowest BCUT2D eigenvalue weighted by Crippen LogP contribution is -2.21. The summed E-state index contributed by atoms with van der Waals surface area (Å²) in [5.74, 6) is 0.960. The lowest BCUT2D eigenvalue weighted by Gasteiger charge is -2.12. The molecule has 0 fully saturated rings. The first-order valence-electron chi connectivity index (χ1n) is 9.88. The van der Waals surface area contributed by atoms with Gasteiger partial charge in [-0.1, -0.05) is 53.5 Å². The van der Waals surface area contributed by atoms with Crippen molar-refractivity contribution in [1.29, 1.82) is 0 Å². The third-order valence-electron chi connectivity index (χ3n) is 4.94. The summed E-state index contributed by atoms with van der Waals surface area (Å²) in [6.45, 7) is 2.13. The molecule has 162 valence electrons. The van der Waals surface area contributed by atoms with Gasteiger partial charge in [0.2, 0.25) is 0 Å². The molecule has 7 heteroatoms. The molecule has 0 saturated heterocycles. The lowest BCUT2D eigenvalue weighted by molar-refractivity contribution is -0.114. The minimum absolute atomic E-state index is 0.174. The van der Waals surface area contributed by atoms with Gasteiger partial charge in [0.15, 0.2) is 11.5 Å². The fourth-order valence-corrected chi connectivity index (χ4v) is 3.60. The second-order valence-corrected chi connectivity index (χ2v) is 7.96. The second kappa shape index (κ2) is 9.47. The number of hydrogen-bond acceptors (Lipinski definition) is 4. The zero-order valence-corrected chi connectivity index (χ0v) is 19.0. The molecule has 32 heavy (non-hydrogen) atoms.